The molecule has 3 atom stereocenters. The standard InChI is InChI=1S/C14H12F10O5/c1-5(2)7(25)27-8-6(3)4-10(28-8,12(16,17)18)9(26)29-11(15,13(19,20)21)14(22,23)24/h6,8H,1,4H2,2-3H3. The maximum Gasteiger partial charge on any atom is 0.470 e. The molecule has 1 saturated heterocycles. The fourth-order valence-electron chi connectivity index (χ4n) is 2.17. The predicted molar refractivity (Wildman–Crippen MR) is 70.4 cm³/mol. The summed E-state index contributed by atoms with van der Waals surface area (Å²) in [5, 5.41) is 0. The van der Waals surface area contributed by atoms with Crippen molar-refractivity contribution in [1.29, 1.82) is 0 Å². The molecule has 5 nitrogen and oxygen atoms in total. The van der Waals surface area contributed by atoms with Gasteiger partial charge >= 0.3 is 36.3 Å². The van der Waals surface area contributed by atoms with Gasteiger partial charge in [-0.1, -0.05) is 13.5 Å². The van der Waals surface area contributed by atoms with Crippen LogP contribution in [-0.4, -0.2) is 48.2 Å². The van der Waals surface area contributed by atoms with E-state index in [2.05, 4.69) is 20.8 Å². The monoisotopic (exact) mass is 450 g/mol. The van der Waals surface area contributed by atoms with Gasteiger partial charge in [0.2, 0.25) is 6.29 Å². The molecule has 168 valence electrons. The molecule has 0 saturated carbocycles. The summed E-state index contributed by atoms with van der Waals surface area (Å²) in [6.45, 7) is 5.05. The number of halogens is 10. The molecule has 1 aliphatic heterocycles. The van der Waals surface area contributed by atoms with Crippen molar-refractivity contribution >= 4 is 11.9 Å². The lowest BCUT2D eigenvalue weighted by Crippen LogP contribution is -2.61. The van der Waals surface area contributed by atoms with Gasteiger partial charge in [0.15, 0.2) is 0 Å². The van der Waals surface area contributed by atoms with Crippen LogP contribution in [0.25, 0.3) is 0 Å². The molecule has 1 fully saturated rings. The first-order valence-electron chi connectivity index (χ1n) is 7.36. The Morgan fingerprint density at radius 2 is 1.45 bits per heavy atom. The molecule has 0 aromatic carbocycles. The third-order valence-corrected chi connectivity index (χ3v) is 3.71. The lowest BCUT2D eigenvalue weighted by atomic mass is 9.94. The molecule has 0 aromatic heterocycles. The second kappa shape index (κ2) is 7.32. The molecule has 0 aliphatic carbocycles. The third kappa shape index (κ3) is 4.43. The summed E-state index contributed by atoms with van der Waals surface area (Å²) in [4.78, 5) is 23.2. The fourth-order valence-corrected chi connectivity index (χ4v) is 2.17. The SMILES string of the molecule is C=C(C)C(=O)OC1OC(C(=O)OC(F)(C(F)(F)F)C(F)(F)F)(C(F)(F)F)CC1C. The van der Waals surface area contributed by atoms with Gasteiger partial charge in [0, 0.05) is 17.9 Å². The number of rotatable bonds is 4. The van der Waals surface area contributed by atoms with Crippen LogP contribution in [0, 0.1) is 5.92 Å². The van der Waals surface area contributed by atoms with E-state index in [1.54, 1.807) is 0 Å². The number of esters is 2. The zero-order valence-corrected chi connectivity index (χ0v) is 14.4. The minimum absolute atomic E-state index is 0.343. The maximum atomic E-state index is 13.6. The molecule has 1 aliphatic rings. The van der Waals surface area contributed by atoms with Crippen molar-refractivity contribution in [2.75, 3.05) is 0 Å². The van der Waals surface area contributed by atoms with Gasteiger partial charge in [-0.15, -0.1) is 0 Å². The van der Waals surface area contributed by atoms with Crippen LogP contribution >= 0.6 is 0 Å². The minimum Gasteiger partial charge on any atom is -0.432 e. The first-order valence-corrected chi connectivity index (χ1v) is 7.36. The molecule has 0 N–H and O–H groups in total. The Morgan fingerprint density at radius 1 is 1.00 bits per heavy atom. The average Bonchev–Trinajstić information content (AvgIpc) is 2.82. The smallest absolute Gasteiger partial charge is 0.432 e. The maximum absolute atomic E-state index is 13.6. The van der Waals surface area contributed by atoms with Crippen LogP contribution in [0.1, 0.15) is 20.3 Å². The van der Waals surface area contributed by atoms with Crippen LogP contribution in [0.3, 0.4) is 0 Å². The molecule has 29 heavy (non-hydrogen) atoms. The summed E-state index contributed by atoms with van der Waals surface area (Å²) in [7, 11) is 0. The van der Waals surface area contributed by atoms with Crippen molar-refractivity contribution in [2.24, 2.45) is 5.92 Å². The van der Waals surface area contributed by atoms with Crippen LogP contribution in [0.5, 0.6) is 0 Å². The second-order valence-corrected chi connectivity index (χ2v) is 6.16. The third-order valence-electron chi connectivity index (χ3n) is 3.71. The van der Waals surface area contributed by atoms with E-state index in [1.165, 1.54) is 0 Å². The van der Waals surface area contributed by atoms with Gasteiger partial charge in [0.1, 0.15) is 0 Å². The van der Waals surface area contributed by atoms with Crippen molar-refractivity contribution in [3.05, 3.63) is 12.2 Å². The van der Waals surface area contributed by atoms with Gasteiger partial charge in [-0.25, -0.2) is 9.59 Å². The Labute approximate surface area is 155 Å². The van der Waals surface area contributed by atoms with Crippen molar-refractivity contribution < 1.29 is 67.7 Å². The number of carbonyl (C=O) groups excluding carboxylic acids is 2. The summed E-state index contributed by atoms with van der Waals surface area (Å²) in [6, 6.07) is 0. The first-order chi connectivity index (χ1) is 12.7. The quantitative estimate of drug-likeness (QED) is 0.367. The number of alkyl halides is 10. The van der Waals surface area contributed by atoms with E-state index in [1.807, 2.05) is 0 Å². The van der Waals surface area contributed by atoms with Gasteiger partial charge in [0.05, 0.1) is 0 Å². The predicted octanol–water partition coefficient (Wildman–Crippen LogP) is 4.12. The zero-order chi connectivity index (χ0) is 23.2. The average molecular weight is 450 g/mol. The van der Waals surface area contributed by atoms with Gasteiger partial charge in [-0.3, -0.25) is 0 Å². The van der Waals surface area contributed by atoms with E-state index in [9.17, 15) is 53.5 Å². The summed E-state index contributed by atoms with van der Waals surface area (Å²) in [5.74, 6) is -13.0. The van der Waals surface area contributed by atoms with Gasteiger partial charge < -0.3 is 14.2 Å². The van der Waals surface area contributed by atoms with E-state index >= 15 is 0 Å². The van der Waals surface area contributed by atoms with Crippen LogP contribution in [-0.2, 0) is 23.8 Å². The van der Waals surface area contributed by atoms with E-state index in [4.69, 9.17) is 0 Å². The molecule has 15 heteroatoms. The highest BCUT2D eigenvalue weighted by Crippen LogP contribution is 2.51. The number of hydrogen-bond acceptors (Lipinski definition) is 5. The Bertz CT molecular complexity index is 666. The van der Waals surface area contributed by atoms with E-state index < -0.39 is 60.6 Å². The van der Waals surface area contributed by atoms with Crippen molar-refractivity contribution in [2.45, 2.75) is 56.5 Å². The van der Waals surface area contributed by atoms with Gasteiger partial charge in [-0.05, 0) is 6.92 Å². The second-order valence-electron chi connectivity index (χ2n) is 6.16. The van der Waals surface area contributed by atoms with E-state index in [-0.39, 0.29) is 5.57 Å². The Hall–Kier alpha value is -2.06. The number of ether oxygens (including phenoxy) is 3. The van der Waals surface area contributed by atoms with Crippen LogP contribution in [0.4, 0.5) is 43.9 Å². The normalized spacial score (nSPS) is 26.2. The van der Waals surface area contributed by atoms with Crippen molar-refractivity contribution in [3.8, 4) is 0 Å². The Kier molecular flexibility index (Phi) is 6.31. The zero-order valence-electron chi connectivity index (χ0n) is 14.4. The molecule has 0 bridgehead atoms. The van der Waals surface area contributed by atoms with Crippen molar-refractivity contribution in [3.63, 3.8) is 0 Å². The summed E-state index contributed by atoms with van der Waals surface area (Å²) >= 11 is 0. The van der Waals surface area contributed by atoms with Crippen molar-refractivity contribution in [1.82, 2.24) is 0 Å². The fraction of sp³-hybridized carbons (Fsp3) is 0.714. The highest BCUT2D eigenvalue weighted by Gasteiger charge is 2.79. The highest BCUT2D eigenvalue weighted by atomic mass is 19.4. The van der Waals surface area contributed by atoms with E-state index in [0.29, 0.717) is 0 Å². The Morgan fingerprint density at radius 3 is 1.79 bits per heavy atom. The largest absolute Gasteiger partial charge is 0.470 e. The number of hydrogen-bond donors (Lipinski definition) is 0. The molecule has 3 unspecified atom stereocenters. The molecule has 0 spiro atoms. The molecule has 0 aromatic rings. The molecular formula is C14H12F10O5. The Balaban J connectivity index is 3.35. The van der Waals surface area contributed by atoms with Gasteiger partial charge in [0.25, 0.3) is 5.60 Å². The van der Waals surface area contributed by atoms with Crippen LogP contribution in [0.2, 0.25) is 0 Å². The summed E-state index contributed by atoms with van der Waals surface area (Å²) in [5.41, 5.74) is -4.80. The lowest BCUT2D eigenvalue weighted by molar-refractivity contribution is -0.422. The lowest BCUT2D eigenvalue weighted by Gasteiger charge is -2.34. The topological polar surface area (TPSA) is 61.8 Å². The molecule has 0 radical (unpaired) electrons. The van der Waals surface area contributed by atoms with Crippen LogP contribution < -0.4 is 0 Å². The van der Waals surface area contributed by atoms with Gasteiger partial charge in [-0.2, -0.15) is 43.9 Å². The molecule has 1 rings (SSSR count). The van der Waals surface area contributed by atoms with Crippen LogP contribution in [0.15, 0.2) is 12.2 Å². The minimum atomic E-state index is -6.95. The summed E-state index contributed by atoms with van der Waals surface area (Å²) < 4.78 is 140. The summed E-state index contributed by atoms with van der Waals surface area (Å²) in [6.07, 6.45) is -23.7. The molecular weight excluding hydrogens is 438 g/mol. The first kappa shape index (κ1) is 25.0. The van der Waals surface area contributed by atoms with E-state index in [0.717, 1.165) is 13.8 Å². The molecule has 1 heterocycles. The number of carbonyl (C=O) groups is 2. The molecule has 0 amide bonds. The highest BCUT2D eigenvalue weighted by molar-refractivity contribution is 5.87.